The molecule has 1 N–H and O–H groups in total. The number of anilines is 1. The lowest BCUT2D eigenvalue weighted by Crippen LogP contribution is -2.03. The van der Waals surface area contributed by atoms with Crippen molar-refractivity contribution in [1.29, 1.82) is 15.8 Å². The van der Waals surface area contributed by atoms with E-state index < -0.39 is 0 Å². The zero-order valence-corrected chi connectivity index (χ0v) is 10.9. The van der Waals surface area contributed by atoms with Gasteiger partial charge in [-0.25, -0.2) is 0 Å². The number of nitrogens with zero attached hydrogens (tertiary/aromatic N) is 3. The molecule has 94 valence electrons. The molecular formula is C14H12N4O. The van der Waals surface area contributed by atoms with Crippen LogP contribution in [0.25, 0.3) is 0 Å². The zero-order chi connectivity index (χ0) is 14.4. The second kappa shape index (κ2) is 6.10. The predicted octanol–water partition coefficient (Wildman–Crippen LogP) is 2.55. The van der Waals surface area contributed by atoms with Crippen LogP contribution in [0.4, 0.5) is 5.69 Å². The minimum absolute atomic E-state index is 0.0577. The van der Waals surface area contributed by atoms with Crippen LogP contribution in [-0.2, 0) is 0 Å². The predicted molar refractivity (Wildman–Crippen MR) is 70.0 cm³/mol. The molecule has 19 heavy (non-hydrogen) atoms. The zero-order valence-electron chi connectivity index (χ0n) is 10.9. The van der Waals surface area contributed by atoms with E-state index in [4.69, 9.17) is 20.5 Å². The van der Waals surface area contributed by atoms with Crippen LogP contribution in [-0.4, -0.2) is 7.11 Å². The molecule has 0 heterocycles. The van der Waals surface area contributed by atoms with Crippen molar-refractivity contribution >= 4 is 5.69 Å². The Bertz CT molecular complexity index is 638. The monoisotopic (exact) mass is 252 g/mol. The summed E-state index contributed by atoms with van der Waals surface area (Å²) in [6.45, 7) is 3.71. The number of ether oxygens (including phenoxy) is 1. The second-order valence-electron chi connectivity index (χ2n) is 3.85. The lowest BCUT2D eigenvalue weighted by molar-refractivity contribution is 0.411. The summed E-state index contributed by atoms with van der Waals surface area (Å²) < 4.78 is 5.19. The van der Waals surface area contributed by atoms with Crippen LogP contribution in [0.5, 0.6) is 5.75 Å². The first kappa shape index (κ1) is 14.1. The van der Waals surface area contributed by atoms with Crippen LogP contribution in [0.3, 0.4) is 0 Å². The maximum absolute atomic E-state index is 8.98. The average Bonchev–Trinajstić information content (AvgIpc) is 2.42. The molecule has 1 rings (SSSR count). The summed E-state index contributed by atoms with van der Waals surface area (Å²) in [6, 6.07) is 8.82. The van der Waals surface area contributed by atoms with E-state index in [1.165, 1.54) is 0 Å². The average molecular weight is 252 g/mol. The van der Waals surface area contributed by atoms with E-state index in [0.29, 0.717) is 5.69 Å². The summed E-state index contributed by atoms with van der Waals surface area (Å²) in [6.07, 6.45) is 0. The number of nitriles is 3. The Morgan fingerprint density at radius 1 is 1.05 bits per heavy atom. The molecule has 0 aliphatic rings. The number of hydrogen-bond donors (Lipinski definition) is 1. The first-order chi connectivity index (χ1) is 9.07. The minimum atomic E-state index is -0.240. The van der Waals surface area contributed by atoms with Crippen LogP contribution in [0.15, 0.2) is 23.4 Å². The number of benzene rings is 1. The van der Waals surface area contributed by atoms with Crippen molar-refractivity contribution in [1.82, 2.24) is 0 Å². The van der Waals surface area contributed by atoms with Crippen LogP contribution < -0.4 is 10.1 Å². The molecule has 5 heteroatoms. The number of rotatable bonds is 3. The standard InChI is InChI=1S/C14H12N4O/c1-9-5-14(19-3)10(2)4-12(9)18-13(8-17)11(6-15)7-16/h4-5,18H,1-3H3. The van der Waals surface area contributed by atoms with Gasteiger partial charge >= 0.3 is 0 Å². The summed E-state index contributed by atoms with van der Waals surface area (Å²) in [5, 5.41) is 29.3. The van der Waals surface area contributed by atoms with Gasteiger partial charge in [0.25, 0.3) is 0 Å². The van der Waals surface area contributed by atoms with Crippen molar-refractivity contribution in [3.8, 4) is 24.0 Å². The van der Waals surface area contributed by atoms with Gasteiger partial charge in [-0.1, -0.05) is 0 Å². The molecule has 0 atom stereocenters. The smallest absolute Gasteiger partial charge is 0.163 e. The fourth-order valence-corrected chi connectivity index (χ4v) is 1.56. The SMILES string of the molecule is COc1cc(C)c(NC(C#N)=C(C#N)C#N)cc1C. The third kappa shape index (κ3) is 3.03. The Balaban J connectivity index is 3.26. The molecule has 0 spiro atoms. The van der Waals surface area contributed by atoms with E-state index >= 15 is 0 Å². The first-order valence-electron chi connectivity index (χ1n) is 5.44. The van der Waals surface area contributed by atoms with Gasteiger partial charge in [-0.15, -0.1) is 0 Å². The second-order valence-corrected chi connectivity index (χ2v) is 3.85. The molecule has 1 aromatic rings. The van der Waals surface area contributed by atoms with E-state index in [1.807, 2.05) is 26.0 Å². The molecule has 1 aromatic carbocycles. The number of allylic oxidation sites excluding steroid dienone is 2. The number of methoxy groups -OCH3 is 1. The molecular weight excluding hydrogens is 240 g/mol. The molecule has 0 aliphatic carbocycles. The quantitative estimate of drug-likeness (QED) is 0.834. The molecule has 0 saturated carbocycles. The third-order valence-electron chi connectivity index (χ3n) is 2.59. The van der Waals surface area contributed by atoms with Gasteiger partial charge in [0, 0.05) is 5.69 Å². The number of aryl methyl sites for hydroxylation is 2. The van der Waals surface area contributed by atoms with Gasteiger partial charge in [0.2, 0.25) is 0 Å². The molecule has 0 saturated heterocycles. The van der Waals surface area contributed by atoms with Crippen molar-refractivity contribution in [2.75, 3.05) is 12.4 Å². The first-order valence-corrected chi connectivity index (χ1v) is 5.44. The van der Waals surface area contributed by atoms with Crippen molar-refractivity contribution < 1.29 is 4.74 Å². The van der Waals surface area contributed by atoms with Crippen LogP contribution >= 0.6 is 0 Å². The normalized spacial score (nSPS) is 8.63. The van der Waals surface area contributed by atoms with Crippen LogP contribution in [0, 0.1) is 47.8 Å². The molecule has 0 aliphatic heterocycles. The van der Waals surface area contributed by atoms with E-state index in [2.05, 4.69) is 5.32 Å². The highest BCUT2D eigenvalue weighted by atomic mass is 16.5. The van der Waals surface area contributed by atoms with Gasteiger partial charge < -0.3 is 10.1 Å². The van der Waals surface area contributed by atoms with E-state index in [1.54, 1.807) is 25.3 Å². The van der Waals surface area contributed by atoms with Gasteiger partial charge in [-0.3, -0.25) is 0 Å². The molecule has 0 radical (unpaired) electrons. The lowest BCUT2D eigenvalue weighted by Gasteiger charge is -2.12. The summed E-state index contributed by atoms with van der Waals surface area (Å²) in [5.74, 6) is 0.742. The topological polar surface area (TPSA) is 92.6 Å². The summed E-state index contributed by atoms with van der Waals surface area (Å²) in [5.41, 5.74) is 2.11. The van der Waals surface area contributed by atoms with Gasteiger partial charge in [-0.2, -0.15) is 15.8 Å². The van der Waals surface area contributed by atoms with E-state index in [-0.39, 0.29) is 11.3 Å². The molecule has 0 fully saturated rings. The fraction of sp³-hybridized carbons (Fsp3) is 0.214. The Morgan fingerprint density at radius 2 is 1.68 bits per heavy atom. The lowest BCUT2D eigenvalue weighted by atomic mass is 10.1. The molecule has 0 amide bonds. The number of nitrogens with one attached hydrogen (secondary N) is 1. The Labute approximate surface area is 112 Å². The van der Waals surface area contributed by atoms with Crippen molar-refractivity contribution in [3.63, 3.8) is 0 Å². The largest absolute Gasteiger partial charge is 0.496 e. The maximum Gasteiger partial charge on any atom is 0.163 e. The van der Waals surface area contributed by atoms with Crippen LogP contribution in [0.1, 0.15) is 11.1 Å². The highest BCUT2D eigenvalue weighted by molar-refractivity contribution is 5.64. The Morgan fingerprint density at radius 3 is 2.16 bits per heavy atom. The molecule has 0 unspecified atom stereocenters. The van der Waals surface area contributed by atoms with E-state index in [0.717, 1.165) is 16.9 Å². The highest BCUT2D eigenvalue weighted by Gasteiger charge is 2.09. The van der Waals surface area contributed by atoms with Crippen LogP contribution in [0.2, 0.25) is 0 Å². The Kier molecular flexibility index (Phi) is 4.52. The molecule has 0 aromatic heterocycles. The van der Waals surface area contributed by atoms with Gasteiger partial charge in [0.05, 0.1) is 7.11 Å². The molecule has 0 bridgehead atoms. The van der Waals surface area contributed by atoms with E-state index in [9.17, 15) is 0 Å². The Hall–Kier alpha value is -2.97. The summed E-state index contributed by atoms with van der Waals surface area (Å²) in [7, 11) is 1.58. The number of hydrogen-bond acceptors (Lipinski definition) is 5. The van der Waals surface area contributed by atoms with Gasteiger partial charge in [0.1, 0.15) is 29.7 Å². The molecule has 5 nitrogen and oxygen atoms in total. The third-order valence-corrected chi connectivity index (χ3v) is 2.59. The summed E-state index contributed by atoms with van der Waals surface area (Å²) >= 11 is 0. The minimum Gasteiger partial charge on any atom is -0.496 e. The maximum atomic E-state index is 8.98. The van der Waals surface area contributed by atoms with Crippen molar-refractivity contribution in [2.24, 2.45) is 0 Å². The highest BCUT2D eigenvalue weighted by Crippen LogP contribution is 2.27. The fourth-order valence-electron chi connectivity index (χ4n) is 1.56. The van der Waals surface area contributed by atoms with Crippen molar-refractivity contribution in [2.45, 2.75) is 13.8 Å². The summed E-state index contributed by atoms with van der Waals surface area (Å²) in [4.78, 5) is 0. The van der Waals surface area contributed by atoms with Crippen molar-refractivity contribution in [3.05, 3.63) is 34.5 Å². The van der Waals surface area contributed by atoms with Gasteiger partial charge in [-0.05, 0) is 37.1 Å². The van der Waals surface area contributed by atoms with Gasteiger partial charge in [0.15, 0.2) is 5.57 Å².